The van der Waals surface area contributed by atoms with Crippen LogP contribution in [0.3, 0.4) is 0 Å². The molecule has 2 aliphatic rings. The summed E-state index contributed by atoms with van der Waals surface area (Å²) in [7, 11) is -2.99. The van der Waals surface area contributed by atoms with Crippen LogP contribution in [0.15, 0.2) is 0 Å². The van der Waals surface area contributed by atoms with E-state index in [-0.39, 0.29) is 0 Å². The van der Waals surface area contributed by atoms with Crippen molar-refractivity contribution in [2.45, 2.75) is 76.0 Å². The van der Waals surface area contributed by atoms with Gasteiger partial charge in [0.2, 0.25) is 0 Å². The minimum absolute atomic E-state index is 0.623. The SMILES string of the molecule is CC(C)(CN1CCCC1CC1CCCCC1)S(C)(=O)=O. The molecular weight excluding hydrogens is 270 g/mol. The highest BCUT2D eigenvalue weighted by molar-refractivity contribution is 7.92. The fraction of sp³-hybridized carbons (Fsp3) is 1.00. The molecule has 1 unspecified atom stereocenters. The van der Waals surface area contributed by atoms with Crippen molar-refractivity contribution >= 4 is 9.84 Å². The standard InChI is InChI=1S/C16H31NO2S/c1-16(2,20(3,18)19)13-17-11-7-10-15(17)12-14-8-5-4-6-9-14/h14-15H,4-13H2,1-3H3. The zero-order valence-electron chi connectivity index (χ0n) is 13.4. The van der Waals surface area contributed by atoms with Gasteiger partial charge in [-0.25, -0.2) is 8.42 Å². The van der Waals surface area contributed by atoms with Crippen molar-refractivity contribution in [2.24, 2.45) is 5.92 Å². The molecule has 20 heavy (non-hydrogen) atoms. The fourth-order valence-electron chi connectivity index (χ4n) is 3.78. The summed E-state index contributed by atoms with van der Waals surface area (Å²) in [5.41, 5.74) is 0. The average molecular weight is 301 g/mol. The van der Waals surface area contributed by atoms with Crippen LogP contribution in [0.5, 0.6) is 0 Å². The Balaban J connectivity index is 1.93. The molecule has 3 nitrogen and oxygen atoms in total. The largest absolute Gasteiger partial charge is 0.299 e. The first-order chi connectivity index (χ1) is 9.29. The van der Waals surface area contributed by atoms with E-state index in [0.29, 0.717) is 12.6 Å². The molecule has 118 valence electrons. The molecule has 1 saturated heterocycles. The highest BCUT2D eigenvalue weighted by Crippen LogP contribution is 2.33. The van der Waals surface area contributed by atoms with Crippen molar-refractivity contribution in [3.05, 3.63) is 0 Å². The third-order valence-electron chi connectivity index (χ3n) is 5.42. The molecule has 1 aliphatic heterocycles. The van der Waals surface area contributed by atoms with E-state index in [1.807, 2.05) is 13.8 Å². The maximum Gasteiger partial charge on any atom is 0.153 e. The predicted molar refractivity (Wildman–Crippen MR) is 84.7 cm³/mol. The van der Waals surface area contributed by atoms with Crippen LogP contribution in [0.4, 0.5) is 0 Å². The molecule has 1 saturated carbocycles. The molecular formula is C16H31NO2S. The van der Waals surface area contributed by atoms with Crippen LogP contribution in [0.1, 0.15) is 65.2 Å². The first kappa shape index (κ1) is 16.3. The van der Waals surface area contributed by atoms with Crippen LogP contribution in [0.25, 0.3) is 0 Å². The number of hydrogen-bond donors (Lipinski definition) is 0. The number of sulfone groups is 1. The second kappa shape index (κ2) is 6.35. The molecule has 0 bridgehead atoms. The van der Waals surface area contributed by atoms with E-state index in [2.05, 4.69) is 4.90 Å². The van der Waals surface area contributed by atoms with E-state index >= 15 is 0 Å². The van der Waals surface area contributed by atoms with Gasteiger partial charge in [-0.15, -0.1) is 0 Å². The van der Waals surface area contributed by atoms with Gasteiger partial charge in [0, 0.05) is 18.8 Å². The summed E-state index contributed by atoms with van der Waals surface area (Å²) in [6.07, 6.45) is 12.1. The van der Waals surface area contributed by atoms with Crippen LogP contribution in [-0.2, 0) is 9.84 Å². The number of likely N-dealkylation sites (tertiary alicyclic amines) is 1. The van der Waals surface area contributed by atoms with Crippen molar-refractivity contribution in [1.29, 1.82) is 0 Å². The lowest BCUT2D eigenvalue weighted by Gasteiger charge is -2.34. The van der Waals surface area contributed by atoms with E-state index in [1.54, 1.807) is 0 Å². The monoisotopic (exact) mass is 301 g/mol. The lowest BCUT2D eigenvalue weighted by atomic mass is 9.84. The van der Waals surface area contributed by atoms with Gasteiger partial charge in [-0.1, -0.05) is 32.1 Å². The second-order valence-corrected chi connectivity index (χ2v) is 10.2. The molecule has 0 radical (unpaired) electrons. The van der Waals surface area contributed by atoms with E-state index < -0.39 is 14.6 Å². The van der Waals surface area contributed by atoms with Crippen LogP contribution in [0, 0.1) is 5.92 Å². The lowest BCUT2D eigenvalue weighted by Crippen LogP contribution is -2.46. The molecule has 2 fully saturated rings. The summed E-state index contributed by atoms with van der Waals surface area (Å²) >= 11 is 0. The zero-order chi connectivity index (χ0) is 14.8. The van der Waals surface area contributed by atoms with Crippen molar-refractivity contribution in [1.82, 2.24) is 4.90 Å². The van der Waals surface area contributed by atoms with Crippen LogP contribution in [-0.4, -0.2) is 43.5 Å². The summed E-state index contributed by atoms with van der Waals surface area (Å²) in [6.45, 7) is 5.52. The fourth-order valence-corrected chi connectivity index (χ4v) is 4.18. The second-order valence-electron chi connectivity index (χ2n) is 7.54. The Morgan fingerprint density at radius 3 is 2.30 bits per heavy atom. The van der Waals surface area contributed by atoms with Crippen LogP contribution in [0.2, 0.25) is 0 Å². The highest BCUT2D eigenvalue weighted by Gasteiger charge is 2.36. The Morgan fingerprint density at radius 1 is 1.05 bits per heavy atom. The van der Waals surface area contributed by atoms with E-state index in [1.165, 1.54) is 57.6 Å². The summed E-state index contributed by atoms with van der Waals surface area (Å²) < 4.78 is 23.2. The first-order valence-corrected chi connectivity index (χ1v) is 10.1. The van der Waals surface area contributed by atoms with Crippen LogP contribution >= 0.6 is 0 Å². The Bertz CT molecular complexity index is 410. The molecule has 0 aromatic rings. The zero-order valence-corrected chi connectivity index (χ0v) is 14.2. The Morgan fingerprint density at radius 2 is 1.70 bits per heavy atom. The molecule has 1 atom stereocenters. The topological polar surface area (TPSA) is 37.4 Å². The minimum Gasteiger partial charge on any atom is -0.299 e. The van der Waals surface area contributed by atoms with E-state index in [9.17, 15) is 8.42 Å². The molecule has 0 spiro atoms. The summed E-state index contributed by atoms with van der Waals surface area (Å²) in [6, 6.07) is 0.624. The quantitative estimate of drug-likeness (QED) is 0.782. The minimum atomic E-state index is -2.99. The molecule has 1 aliphatic carbocycles. The maximum atomic E-state index is 11.9. The van der Waals surface area contributed by atoms with Gasteiger partial charge >= 0.3 is 0 Å². The molecule has 0 aromatic heterocycles. The molecule has 1 heterocycles. The lowest BCUT2D eigenvalue weighted by molar-refractivity contribution is 0.187. The summed E-state index contributed by atoms with van der Waals surface area (Å²) in [4.78, 5) is 2.45. The molecule has 4 heteroatoms. The Labute approximate surface area is 125 Å². The van der Waals surface area contributed by atoms with E-state index in [4.69, 9.17) is 0 Å². The highest BCUT2D eigenvalue weighted by atomic mass is 32.2. The summed E-state index contributed by atoms with van der Waals surface area (Å²) in [5, 5.41) is 0. The van der Waals surface area contributed by atoms with Crippen molar-refractivity contribution in [3.8, 4) is 0 Å². The maximum absolute atomic E-state index is 11.9. The average Bonchev–Trinajstić information content (AvgIpc) is 2.76. The van der Waals surface area contributed by atoms with Gasteiger partial charge in [0.15, 0.2) is 9.84 Å². The van der Waals surface area contributed by atoms with Crippen molar-refractivity contribution in [3.63, 3.8) is 0 Å². The van der Waals surface area contributed by atoms with Crippen molar-refractivity contribution in [2.75, 3.05) is 19.3 Å². The van der Waals surface area contributed by atoms with Crippen LogP contribution < -0.4 is 0 Å². The molecule has 0 aromatic carbocycles. The normalized spacial score (nSPS) is 27.1. The van der Waals surface area contributed by atoms with Gasteiger partial charge in [0.05, 0.1) is 4.75 Å². The summed E-state index contributed by atoms with van der Waals surface area (Å²) in [5.74, 6) is 0.885. The van der Waals surface area contributed by atoms with Gasteiger partial charge in [0.25, 0.3) is 0 Å². The number of rotatable bonds is 5. The van der Waals surface area contributed by atoms with Crippen molar-refractivity contribution < 1.29 is 8.42 Å². The Kier molecular flexibility index (Phi) is 5.17. The first-order valence-electron chi connectivity index (χ1n) is 8.23. The molecule has 0 amide bonds. The van der Waals surface area contributed by atoms with Gasteiger partial charge in [0.1, 0.15) is 0 Å². The number of nitrogens with zero attached hydrogens (tertiary/aromatic N) is 1. The van der Waals surface area contributed by atoms with Gasteiger partial charge in [-0.05, 0) is 45.6 Å². The third-order valence-corrected chi connectivity index (χ3v) is 7.55. The van der Waals surface area contributed by atoms with Gasteiger partial charge < -0.3 is 0 Å². The van der Waals surface area contributed by atoms with Gasteiger partial charge in [-0.2, -0.15) is 0 Å². The number of hydrogen-bond acceptors (Lipinski definition) is 3. The van der Waals surface area contributed by atoms with Gasteiger partial charge in [-0.3, -0.25) is 4.90 Å². The predicted octanol–water partition coefficient (Wildman–Crippen LogP) is 3.24. The molecule has 2 rings (SSSR count). The Hall–Kier alpha value is -0.0900. The molecule has 0 N–H and O–H groups in total. The van der Waals surface area contributed by atoms with E-state index in [0.717, 1.165) is 12.5 Å². The smallest absolute Gasteiger partial charge is 0.153 e. The third kappa shape index (κ3) is 3.97.